The Bertz CT molecular complexity index is 1190. The highest BCUT2D eigenvalue weighted by atomic mass is 19.4. The van der Waals surface area contributed by atoms with Crippen LogP contribution in [0.4, 0.5) is 13.2 Å². The average Bonchev–Trinajstić information content (AvgIpc) is 3.28. The van der Waals surface area contributed by atoms with Crippen LogP contribution in [-0.2, 0) is 22.3 Å². The Morgan fingerprint density at radius 1 is 1.05 bits per heavy atom. The number of aliphatic carboxylic acids is 1. The summed E-state index contributed by atoms with van der Waals surface area (Å²) in [5.74, 6) is -2.11. The highest BCUT2D eigenvalue weighted by Crippen LogP contribution is 2.49. The molecule has 1 aromatic carbocycles. The second-order valence-corrected chi connectivity index (χ2v) is 11.9. The van der Waals surface area contributed by atoms with Crippen molar-refractivity contribution in [3.63, 3.8) is 0 Å². The van der Waals surface area contributed by atoms with Crippen molar-refractivity contribution in [1.29, 1.82) is 0 Å². The number of halogens is 3. The SMILES string of the molecule is COc1nc(C(F)(F)F)ccc1CNC1C(c2ccccc2)N(C(=O)C2CCCCC2)C(C(=O)O)C1C(C)(C)C. The van der Waals surface area contributed by atoms with Crippen LogP contribution in [0.1, 0.15) is 75.7 Å². The lowest BCUT2D eigenvalue weighted by molar-refractivity contribution is -0.154. The van der Waals surface area contributed by atoms with Gasteiger partial charge in [0.1, 0.15) is 11.7 Å². The number of benzene rings is 1. The Balaban J connectivity index is 1.78. The first-order chi connectivity index (χ1) is 18.8. The lowest BCUT2D eigenvalue weighted by Gasteiger charge is -2.36. The maximum atomic E-state index is 14.1. The molecular formula is C30H38F3N3O4. The first kappa shape index (κ1) is 29.8. The summed E-state index contributed by atoms with van der Waals surface area (Å²) >= 11 is 0. The maximum Gasteiger partial charge on any atom is 0.433 e. The number of methoxy groups -OCH3 is 1. The number of hydrogen-bond donors (Lipinski definition) is 2. The van der Waals surface area contributed by atoms with E-state index < -0.39 is 47.3 Å². The van der Waals surface area contributed by atoms with Crippen LogP contribution in [0.3, 0.4) is 0 Å². The van der Waals surface area contributed by atoms with Crippen molar-refractivity contribution in [3.05, 3.63) is 59.3 Å². The largest absolute Gasteiger partial charge is 0.481 e. The molecule has 40 heavy (non-hydrogen) atoms. The van der Waals surface area contributed by atoms with Gasteiger partial charge in [-0.2, -0.15) is 13.2 Å². The zero-order chi connectivity index (χ0) is 29.2. The van der Waals surface area contributed by atoms with E-state index in [9.17, 15) is 27.9 Å². The summed E-state index contributed by atoms with van der Waals surface area (Å²) in [6.07, 6.45) is -0.223. The van der Waals surface area contributed by atoms with Gasteiger partial charge in [-0.25, -0.2) is 9.78 Å². The van der Waals surface area contributed by atoms with Gasteiger partial charge in [-0.3, -0.25) is 4.79 Å². The summed E-state index contributed by atoms with van der Waals surface area (Å²) in [5, 5.41) is 14.0. The third kappa shape index (κ3) is 6.11. The van der Waals surface area contributed by atoms with E-state index >= 15 is 0 Å². The summed E-state index contributed by atoms with van der Waals surface area (Å²) in [6.45, 7) is 5.95. The number of carboxylic acids is 1. The Morgan fingerprint density at radius 2 is 1.70 bits per heavy atom. The second kappa shape index (κ2) is 11.8. The number of nitrogens with zero attached hydrogens (tertiary/aromatic N) is 2. The van der Waals surface area contributed by atoms with Crippen molar-refractivity contribution in [2.45, 2.75) is 83.7 Å². The Labute approximate surface area is 233 Å². The number of ether oxygens (including phenoxy) is 1. The number of alkyl halides is 3. The number of carbonyl (C=O) groups is 2. The number of nitrogens with one attached hydrogen (secondary N) is 1. The molecule has 7 nitrogen and oxygen atoms in total. The Hall–Kier alpha value is -3.14. The van der Waals surface area contributed by atoms with E-state index in [4.69, 9.17) is 4.74 Å². The van der Waals surface area contributed by atoms with Crippen LogP contribution < -0.4 is 10.1 Å². The number of hydrogen-bond acceptors (Lipinski definition) is 5. The zero-order valence-electron chi connectivity index (χ0n) is 23.4. The van der Waals surface area contributed by atoms with Crippen LogP contribution in [0.5, 0.6) is 5.88 Å². The lowest BCUT2D eigenvalue weighted by Crippen LogP contribution is -2.49. The highest BCUT2D eigenvalue weighted by Gasteiger charge is 2.58. The molecule has 4 rings (SSSR count). The summed E-state index contributed by atoms with van der Waals surface area (Å²) < 4.78 is 44.9. The number of carbonyl (C=O) groups excluding carboxylic acids is 1. The van der Waals surface area contributed by atoms with Crippen molar-refractivity contribution in [2.75, 3.05) is 7.11 Å². The van der Waals surface area contributed by atoms with Crippen LogP contribution in [0.25, 0.3) is 0 Å². The molecule has 218 valence electrons. The standard InChI is InChI=1S/C30H38F3N3O4/c1-29(2,3)22-23(34-17-20-15-16-21(30(31,32)33)35-26(20)40-4)24(18-11-7-5-8-12-18)36(25(22)28(38)39)27(37)19-13-9-6-10-14-19/h5,7-8,11-12,15-16,19,22-25,34H,6,9-10,13-14,17H2,1-4H3,(H,38,39). The number of aromatic nitrogens is 1. The molecule has 2 aliphatic rings. The summed E-state index contributed by atoms with van der Waals surface area (Å²) in [5.41, 5.74) is -0.380. The number of likely N-dealkylation sites (tertiary alicyclic amines) is 1. The molecular weight excluding hydrogens is 523 g/mol. The molecule has 0 spiro atoms. The van der Waals surface area contributed by atoms with Crippen LogP contribution >= 0.6 is 0 Å². The first-order valence-electron chi connectivity index (χ1n) is 13.8. The quantitative estimate of drug-likeness (QED) is 0.441. The summed E-state index contributed by atoms with van der Waals surface area (Å²) in [7, 11) is 1.26. The average molecular weight is 562 g/mol. The topological polar surface area (TPSA) is 91.8 Å². The van der Waals surface area contributed by atoms with Crippen molar-refractivity contribution < 1.29 is 32.6 Å². The van der Waals surface area contributed by atoms with E-state index in [2.05, 4.69) is 10.3 Å². The Kier molecular flexibility index (Phi) is 8.77. The van der Waals surface area contributed by atoms with Gasteiger partial charge in [0, 0.05) is 30.0 Å². The van der Waals surface area contributed by atoms with E-state index in [0.29, 0.717) is 5.56 Å². The fourth-order valence-corrected chi connectivity index (χ4v) is 6.45. The molecule has 1 saturated heterocycles. The smallest absolute Gasteiger partial charge is 0.433 e. The van der Waals surface area contributed by atoms with E-state index in [0.717, 1.165) is 43.7 Å². The normalized spacial score (nSPS) is 24.2. The molecule has 1 aliphatic heterocycles. The minimum absolute atomic E-state index is 0.0761. The van der Waals surface area contributed by atoms with E-state index in [1.165, 1.54) is 13.2 Å². The fraction of sp³-hybridized carbons (Fsp3) is 0.567. The maximum absolute atomic E-state index is 14.1. The van der Waals surface area contributed by atoms with E-state index in [-0.39, 0.29) is 24.2 Å². The van der Waals surface area contributed by atoms with Crippen molar-refractivity contribution >= 4 is 11.9 Å². The van der Waals surface area contributed by atoms with Gasteiger partial charge in [-0.15, -0.1) is 0 Å². The number of amides is 1. The molecule has 4 unspecified atom stereocenters. The molecule has 0 bridgehead atoms. The predicted octanol–water partition coefficient (Wildman–Crippen LogP) is 5.85. The monoisotopic (exact) mass is 561 g/mol. The van der Waals surface area contributed by atoms with Crippen molar-refractivity contribution in [3.8, 4) is 5.88 Å². The van der Waals surface area contributed by atoms with Crippen molar-refractivity contribution in [2.24, 2.45) is 17.3 Å². The molecule has 1 aromatic heterocycles. The molecule has 2 fully saturated rings. The van der Waals surface area contributed by atoms with Crippen molar-refractivity contribution in [1.82, 2.24) is 15.2 Å². The highest BCUT2D eigenvalue weighted by molar-refractivity contribution is 5.87. The molecule has 1 saturated carbocycles. The van der Waals surface area contributed by atoms with Gasteiger partial charge in [0.25, 0.3) is 0 Å². The minimum Gasteiger partial charge on any atom is -0.481 e. The van der Waals surface area contributed by atoms with Gasteiger partial charge in [0.2, 0.25) is 11.8 Å². The van der Waals surface area contributed by atoms with E-state index in [1.54, 1.807) is 4.90 Å². The minimum atomic E-state index is -4.62. The van der Waals surface area contributed by atoms with Gasteiger partial charge >= 0.3 is 12.1 Å². The van der Waals surface area contributed by atoms with E-state index in [1.807, 2.05) is 51.1 Å². The Morgan fingerprint density at radius 3 is 2.25 bits per heavy atom. The zero-order valence-corrected chi connectivity index (χ0v) is 23.4. The lowest BCUT2D eigenvalue weighted by atomic mass is 9.72. The summed E-state index contributed by atoms with van der Waals surface area (Å²) in [6, 6.07) is 9.42. The number of rotatable bonds is 7. The molecule has 0 radical (unpaired) electrons. The molecule has 2 N–H and O–H groups in total. The molecule has 4 atom stereocenters. The molecule has 10 heteroatoms. The number of pyridine rings is 1. The van der Waals surface area contributed by atoms with Crippen LogP contribution in [0.15, 0.2) is 42.5 Å². The summed E-state index contributed by atoms with van der Waals surface area (Å²) in [4.78, 5) is 32.3. The molecule has 2 heterocycles. The van der Waals surface area contributed by atoms with Crippen LogP contribution in [-0.4, -0.2) is 46.1 Å². The molecule has 1 amide bonds. The third-order valence-corrected chi connectivity index (χ3v) is 8.22. The molecule has 2 aromatic rings. The van der Waals surface area contributed by atoms with Gasteiger partial charge in [0.05, 0.1) is 13.2 Å². The fourth-order valence-electron chi connectivity index (χ4n) is 6.45. The third-order valence-electron chi connectivity index (χ3n) is 8.22. The first-order valence-corrected chi connectivity index (χ1v) is 13.8. The van der Waals surface area contributed by atoms with Gasteiger partial charge in [0.15, 0.2) is 0 Å². The molecule has 1 aliphatic carbocycles. The second-order valence-electron chi connectivity index (χ2n) is 11.9. The van der Waals surface area contributed by atoms with Gasteiger partial charge in [-0.05, 0) is 29.9 Å². The van der Waals surface area contributed by atoms with Crippen LogP contribution in [0, 0.1) is 17.3 Å². The van der Waals surface area contributed by atoms with Crippen LogP contribution in [0.2, 0.25) is 0 Å². The predicted molar refractivity (Wildman–Crippen MR) is 143 cm³/mol. The van der Waals surface area contributed by atoms with Gasteiger partial charge < -0.3 is 20.1 Å². The number of carboxylic acid groups (broad SMARTS) is 1. The van der Waals surface area contributed by atoms with Gasteiger partial charge in [-0.1, -0.05) is 76.4 Å².